The molecule has 202 valence electrons. The van der Waals surface area contributed by atoms with Crippen molar-refractivity contribution in [2.24, 2.45) is 5.10 Å². The monoisotopic (exact) mass is 532 g/mol. The SMILES string of the molecule is CCc1cc(/C=N/Nc2ncc(F)c(N3CCOCC3)n2)ncc1Nc1cc(N(C)C)cc(C(F)(F)F)c1. The Morgan fingerprint density at radius 3 is 2.55 bits per heavy atom. The summed E-state index contributed by atoms with van der Waals surface area (Å²) < 4.78 is 59.7. The molecule has 3 aromatic rings. The van der Waals surface area contributed by atoms with Gasteiger partial charge in [0, 0.05) is 38.6 Å². The van der Waals surface area contributed by atoms with Crippen LogP contribution in [-0.4, -0.2) is 61.6 Å². The molecular formula is C25H28F4N8O. The topological polar surface area (TPSA) is 90.8 Å². The second-order valence-corrected chi connectivity index (χ2v) is 8.74. The number of pyridine rings is 1. The largest absolute Gasteiger partial charge is 0.416 e. The second-order valence-electron chi connectivity index (χ2n) is 8.74. The third-order valence-electron chi connectivity index (χ3n) is 5.83. The Balaban J connectivity index is 1.49. The molecule has 1 fully saturated rings. The van der Waals surface area contributed by atoms with Crippen molar-refractivity contribution in [3.8, 4) is 0 Å². The minimum Gasteiger partial charge on any atom is -0.378 e. The van der Waals surface area contributed by atoms with Gasteiger partial charge in [0.25, 0.3) is 0 Å². The van der Waals surface area contributed by atoms with E-state index >= 15 is 0 Å². The summed E-state index contributed by atoms with van der Waals surface area (Å²) in [5.74, 6) is -0.230. The molecule has 13 heteroatoms. The first-order valence-corrected chi connectivity index (χ1v) is 11.9. The molecular weight excluding hydrogens is 504 g/mol. The van der Waals surface area contributed by atoms with Gasteiger partial charge in [-0.15, -0.1) is 0 Å². The minimum atomic E-state index is -4.47. The van der Waals surface area contributed by atoms with E-state index in [4.69, 9.17) is 4.74 Å². The lowest BCUT2D eigenvalue weighted by molar-refractivity contribution is -0.137. The molecule has 1 aliphatic heterocycles. The van der Waals surface area contributed by atoms with Gasteiger partial charge in [-0.25, -0.2) is 14.8 Å². The number of aromatic nitrogens is 3. The maximum Gasteiger partial charge on any atom is 0.416 e. The van der Waals surface area contributed by atoms with E-state index in [1.165, 1.54) is 6.21 Å². The predicted molar refractivity (Wildman–Crippen MR) is 139 cm³/mol. The van der Waals surface area contributed by atoms with Gasteiger partial charge in [-0.05, 0) is 36.2 Å². The van der Waals surface area contributed by atoms with E-state index < -0.39 is 17.6 Å². The van der Waals surface area contributed by atoms with Crippen LogP contribution in [0.25, 0.3) is 0 Å². The zero-order valence-electron chi connectivity index (χ0n) is 21.2. The molecule has 1 aliphatic rings. The molecule has 3 heterocycles. The van der Waals surface area contributed by atoms with Gasteiger partial charge in [0.2, 0.25) is 5.95 Å². The molecule has 2 aromatic heterocycles. The van der Waals surface area contributed by atoms with E-state index in [2.05, 4.69) is 30.8 Å². The van der Waals surface area contributed by atoms with Crippen LogP contribution in [0, 0.1) is 5.82 Å². The molecule has 0 saturated carbocycles. The van der Waals surface area contributed by atoms with Crippen molar-refractivity contribution < 1.29 is 22.3 Å². The molecule has 1 saturated heterocycles. The zero-order chi connectivity index (χ0) is 27.3. The van der Waals surface area contributed by atoms with Crippen molar-refractivity contribution in [2.75, 3.05) is 60.9 Å². The Bertz CT molecular complexity index is 1290. The highest BCUT2D eigenvalue weighted by Crippen LogP contribution is 2.35. The lowest BCUT2D eigenvalue weighted by atomic mass is 10.1. The van der Waals surface area contributed by atoms with Crippen LogP contribution in [0.5, 0.6) is 0 Å². The summed E-state index contributed by atoms with van der Waals surface area (Å²) in [5, 5.41) is 7.17. The zero-order valence-corrected chi connectivity index (χ0v) is 21.2. The maximum absolute atomic E-state index is 14.2. The number of halogens is 4. The molecule has 1 aromatic carbocycles. The molecule has 0 spiro atoms. The number of benzene rings is 1. The van der Waals surface area contributed by atoms with E-state index in [1.807, 2.05) is 6.92 Å². The Morgan fingerprint density at radius 2 is 1.87 bits per heavy atom. The number of alkyl halides is 3. The molecule has 38 heavy (non-hydrogen) atoms. The van der Waals surface area contributed by atoms with Gasteiger partial charge >= 0.3 is 6.18 Å². The summed E-state index contributed by atoms with van der Waals surface area (Å²) in [7, 11) is 3.36. The van der Waals surface area contributed by atoms with Crippen LogP contribution < -0.4 is 20.5 Å². The molecule has 0 atom stereocenters. The van der Waals surface area contributed by atoms with Crippen LogP contribution in [0.1, 0.15) is 23.7 Å². The van der Waals surface area contributed by atoms with Crippen LogP contribution in [0.4, 0.5) is 46.4 Å². The number of aryl methyl sites for hydroxylation is 1. The normalized spacial score (nSPS) is 14.1. The maximum atomic E-state index is 14.2. The Morgan fingerprint density at radius 1 is 1.11 bits per heavy atom. The van der Waals surface area contributed by atoms with Crippen molar-refractivity contribution in [2.45, 2.75) is 19.5 Å². The number of hydrogen-bond donors (Lipinski definition) is 2. The fourth-order valence-electron chi connectivity index (χ4n) is 3.82. The van der Waals surface area contributed by atoms with Crippen molar-refractivity contribution in [1.29, 1.82) is 0 Å². The molecule has 0 unspecified atom stereocenters. The molecule has 0 aliphatic carbocycles. The van der Waals surface area contributed by atoms with Crippen molar-refractivity contribution in [3.63, 3.8) is 0 Å². The van der Waals surface area contributed by atoms with Gasteiger partial charge < -0.3 is 19.9 Å². The average Bonchev–Trinajstić information content (AvgIpc) is 2.90. The number of nitrogens with one attached hydrogen (secondary N) is 2. The average molecular weight is 533 g/mol. The lowest BCUT2D eigenvalue weighted by Gasteiger charge is -2.27. The third kappa shape index (κ3) is 6.65. The molecule has 0 radical (unpaired) electrons. The molecule has 9 nitrogen and oxygen atoms in total. The lowest BCUT2D eigenvalue weighted by Crippen LogP contribution is -2.37. The van der Waals surface area contributed by atoms with Gasteiger partial charge in [0.05, 0.1) is 48.8 Å². The Labute approximate surface area is 217 Å². The van der Waals surface area contributed by atoms with E-state index in [0.29, 0.717) is 55.5 Å². The number of morpholine rings is 1. The van der Waals surface area contributed by atoms with Crippen molar-refractivity contribution >= 4 is 35.0 Å². The number of rotatable bonds is 8. The number of hydrogen-bond acceptors (Lipinski definition) is 9. The molecule has 0 bridgehead atoms. The van der Waals surface area contributed by atoms with E-state index in [0.717, 1.165) is 23.9 Å². The highest BCUT2D eigenvalue weighted by molar-refractivity contribution is 5.79. The molecule has 2 N–H and O–H groups in total. The van der Waals surface area contributed by atoms with Crippen molar-refractivity contribution in [3.05, 3.63) is 59.3 Å². The number of nitrogens with zero attached hydrogens (tertiary/aromatic N) is 6. The minimum absolute atomic E-state index is 0.124. The van der Waals surface area contributed by atoms with E-state index in [1.54, 1.807) is 42.2 Å². The highest BCUT2D eigenvalue weighted by Gasteiger charge is 2.31. The van der Waals surface area contributed by atoms with Crippen LogP contribution >= 0.6 is 0 Å². The summed E-state index contributed by atoms with van der Waals surface area (Å²) in [6.45, 7) is 3.96. The van der Waals surface area contributed by atoms with Gasteiger partial charge in [0.15, 0.2) is 11.6 Å². The van der Waals surface area contributed by atoms with E-state index in [9.17, 15) is 17.6 Å². The first-order valence-electron chi connectivity index (χ1n) is 11.9. The van der Waals surface area contributed by atoms with Crippen LogP contribution in [0.15, 0.2) is 41.8 Å². The number of ether oxygens (including phenoxy) is 1. The number of anilines is 5. The second kappa shape index (κ2) is 11.6. The smallest absolute Gasteiger partial charge is 0.378 e. The Kier molecular flexibility index (Phi) is 8.25. The van der Waals surface area contributed by atoms with Gasteiger partial charge in [-0.3, -0.25) is 4.98 Å². The highest BCUT2D eigenvalue weighted by atomic mass is 19.4. The molecule has 0 amide bonds. The Hall–Kier alpha value is -4.00. The fourth-order valence-corrected chi connectivity index (χ4v) is 3.82. The summed E-state index contributed by atoms with van der Waals surface area (Å²) in [4.78, 5) is 15.9. The first kappa shape index (κ1) is 27.0. The van der Waals surface area contributed by atoms with Gasteiger partial charge in [0.1, 0.15) is 0 Å². The van der Waals surface area contributed by atoms with Crippen LogP contribution in [-0.2, 0) is 17.3 Å². The van der Waals surface area contributed by atoms with Crippen LogP contribution in [0.3, 0.4) is 0 Å². The van der Waals surface area contributed by atoms with Gasteiger partial charge in [-0.2, -0.15) is 23.3 Å². The predicted octanol–water partition coefficient (Wildman–Crippen LogP) is 4.68. The summed E-state index contributed by atoms with van der Waals surface area (Å²) in [5.41, 5.74) is 4.58. The summed E-state index contributed by atoms with van der Waals surface area (Å²) in [6, 6.07) is 5.59. The standard InChI is InChI=1S/C25H28F4N8O/c1-4-16-9-19(13-32-35-24-31-14-21(26)23(34-24)37-5-7-38-8-6-37)30-15-22(16)33-18-10-17(25(27,28)29)11-20(12-18)36(2)3/h9-15,33H,4-8H2,1-3H3,(H,31,34,35)/b32-13+. The number of hydrazone groups is 1. The summed E-state index contributed by atoms with van der Waals surface area (Å²) in [6.07, 6.45) is 0.208. The van der Waals surface area contributed by atoms with Crippen LogP contribution in [0.2, 0.25) is 0 Å². The third-order valence-corrected chi connectivity index (χ3v) is 5.83. The first-order chi connectivity index (χ1) is 18.1. The van der Waals surface area contributed by atoms with E-state index in [-0.39, 0.29) is 11.8 Å². The van der Waals surface area contributed by atoms with Crippen molar-refractivity contribution in [1.82, 2.24) is 15.0 Å². The van der Waals surface area contributed by atoms with Gasteiger partial charge in [-0.1, -0.05) is 6.92 Å². The summed E-state index contributed by atoms with van der Waals surface area (Å²) >= 11 is 0. The quantitative estimate of drug-likeness (QED) is 0.246. The fraction of sp³-hybridized carbons (Fsp3) is 0.360. The molecule has 4 rings (SSSR count).